The van der Waals surface area contributed by atoms with Gasteiger partial charge in [-0.25, -0.2) is 4.39 Å². The molecule has 1 aromatic carbocycles. The number of hydrogen-bond acceptors (Lipinski definition) is 3. The summed E-state index contributed by atoms with van der Waals surface area (Å²) in [6.07, 6.45) is 1.65. The summed E-state index contributed by atoms with van der Waals surface area (Å²) in [4.78, 5) is 12.1. The predicted molar refractivity (Wildman–Crippen MR) is 69.6 cm³/mol. The predicted octanol–water partition coefficient (Wildman–Crippen LogP) is 2.65. The molecular weight excluding hydrogens is 233 g/mol. The van der Waals surface area contributed by atoms with E-state index in [0.717, 1.165) is 25.9 Å². The Kier molecular flexibility index (Phi) is 5.28. The van der Waals surface area contributed by atoms with Gasteiger partial charge in [0, 0.05) is 11.5 Å². The van der Waals surface area contributed by atoms with Crippen molar-refractivity contribution in [1.29, 1.82) is 0 Å². The van der Waals surface area contributed by atoms with Gasteiger partial charge >= 0.3 is 0 Å². The highest BCUT2D eigenvalue weighted by Crippen LogP contribution is 2.22. The summed E-state index contributed by atoms with van der Waals surface area (Å²) in [5, 5.41) is 3.20. The molecule has 0 unspecified atom stereocenters. The van der Waals surface area contributed by atoms with Crippen LogP contribution in [0.1, 0.15) is 30.6 Å². The molecular formula is C14H20FNO2. The van der Waals surface area contributed by atoms with Crippen LogP contribution in [0.3, 0.4) is 0 Å². The van der Waals surface area contributed by atoms with Gasteiger partial charge in [-0.1, -0.05) is 7.43 Å². The maximum absolute atomic E-state index is 13.5. The van der Waals surface area contributed by atoms with E-state index in [1.807, 2.05) is 0 Å². The molecule has 0 aromatic heterocycles. The van der Waals surface area contributed by atoms with E-state index in [9.17, 15) is 9.18 Å². The quantitative estimate of drug-likeness (QED) is 0.842. The minimum atomic E-state index is -0.479. The minimum absolute atomic E-state index is 0. The monoisotopic (exact) mass is 253 g/mol. The van der Waals surface area contributed by atoms with Crippen molar-refractivity contribution in [3.05, 3.63) is 29.6 Å². The normalized spacial score (nSPS) is 15.9. The van der Waals surface area contributed by atoms with Crippen molar-refractivity contribution >= 4 is 5.78 Å². The highest BCUT2D eigenvalue weighted by molar-refractivity contribution is 5.98. The van der Waals surface area contributed by atoms with E-state index in [-0.39, 0.29) is 24.9 Å². The maximum Gasteiger partial charge on any atom is 0.166 e. The SMILES string of the molecule is C.COc1ccc(C(=O)C2CCNCC2)cc1F. The lowest BCUT2D eigenvalue weighted by Crippen LogP contribution is -2.31. The van der Waals surface area contributed by atoms with Crippen molar-refractivity contribution in [3.63, 3.8) is 0 Å². The number of carbonyl (C=O) groups is 1. The summed E-state index contributed by atoms with van der Waals surface area (Å²) in [6, 6.07) is 4.40. The fourth-order valence-electron chi connectivity index (χ4n) is 2.14. The molecule has 1 aliphatic heterocycles. The Morgan fingerprint density at radius 1 is 1.39 bits per heavy atom. The molecule has 0 radical (unpaired) electrons. The molecule has 0 saturated carbocycles. The molecule has 18 heavy (non-hydrogen) atoms. The molecule has 0 bridgehead atoms. The number of nitrogens with one attached hydrogen (secondary N) is 1. The van der Waals surface area contributed by atoms with Crippen LogP contribution in [0.15, 0.2) is 18.2 Å². The lowest BCUT2D eigenvalue weighted by Gasteiger charge is -2.21. The van der Waals surface area contributed by atoms with Gasteiger partial charge in [0.25, 0.3) is 0 Å². The number of hydrogen-bond donors (Lipinski definition) is 1. The van der Waals surface area contributed by atoms with Crippen LogP contribution in [-0.2, 0) is 0 Å². The molecule has 0 aliphatic carbocycles. The van der Waals surface area contributed by atoms with Gasteiger partial charge in [-0.2, -0.15) is 0 Å². The Morgan fingerprint density at radius 3 is 2.61 bits per heavy atom. The van der Waals surface area contributed by atoms with Crippen molar-refractivity contribution in [3.8, 4) is 5.75 Å². The van der Waals surface area contributed by atoms with Gasteiger partial charge in [0.15, 0.2) is 17.3 Å². The van der Waals surface area contributed by atoms with Gasteiger partial charge in [0.1, 0.15) is 0 Å². The largest absolute Gasteiger partial charge is 0.494 e. The number of ether oxygens (including phenoxy) is 1. The van der Waals surface area contributed by atoms with E-state index in [1.165, 1.54) is 19.2 Å². The van der Waals surface area contributed by atoms with Crippen LogP contribution < -0.4 is 10.1 Å². The summed E-state index contributed by atoms with van der Waals surface area (Å²) in [5.74, 6) is -0.253. The fraction of sp³-hybridized carbons (Fsp3) is 0.500. The summed E-state index contributed by atoms with van der Waals surface area (Å²) >= 11 is 0. The van der Waals surface area contributed by atoms with Crippen molar-refractivity contribution in [2.24, 2.45) is 5.92 Å². The van der Waals surface area contributed by atoms with Crippen molar-refractivity contribution in [1.82, 2.24) is 5.32 Å². The molecule has 0 spiro atoms. The van der Waals surface area contributed by atoms with Gasteiger partial charge in [0.05, 0.1) is 7.11 Å². The highest BCUT2D eigenvalue weighted by Gasteiger charge is 2.22. The molecule has 1 saturated heterocycles. The molecule has 1 N–H and O–H groups in total. The van der Waals surface area contributed by atoms with E-state index in [0.29, 0.717) is 5.56 Å². The van der Waals surface area contributed by atoms with Crippen molar-refractivity contribution in [2.75, 3.05) is 20.2 Å². The number of Topliss-reactive ketones (excluding diaryl/α,β-unsaturated/α-hetero) is 1. The maximum atomic E-state index is 13.5. The average molecular weight is 253 g/mol. The van der Waals surface area contributed by atoms with Gasteiger partial charge in [-0.05, 0) is 44.1 Å². The molecule has 4 heteroatoms. The summed E-state index contributed by atoms with van der Waals surface area (Å²) < 4.78 is 18.3. The first-order valence-electron chi connectivity index (χ1n) is 5.81. The van der Waals surface area contributed by atoms with Gasteiger partial charge in [0.2, 0.25) is 0 Å². The number of ketones is 1. The first-order chi connectivity index (χ1) is 8.22. The number of halogens is 1. The third kappa shape index (κ3) is 3.07. The van der Waals surface area contributed by atoms with Crippen molar-refractivity contribution < 1.29 is 13.9 Å². The Morgan fingerprint density at radius 2 is 2.06 bits per heavy atom. The van der Waals surface area contributed by atoms with Crippen LogP contribution in [0.25, 0.3) is 0 Å². The number of methoxy groups -OCH3 is 1. The third-order valence-electron chi connectivity index (χ3n) is 3.15. The molecule has 3 nitrogen and oxygen atoms in total. The zero-order valence-corrected chi connectivity index (χ0v) is 9.83. The van der Waals surface area contributed by atoms with E-state index in [1.54, 1.807) is 6.07 Å². The smallest absolute Gasteiger partial charge is 0.166 e. The van der Waals surface area contributed by atoms with Gasteiger partial charge in [-0.3, -0.25) is 4.79 Å². The second-order valence-corrected chi connectivity index (χ2v) is 4.24. The molecule has 100 valence electrons. The van der Waals surface area contributed by atoms with Crippen LogP contribution in [0.4, 0.5) is 4.39 Å². The van der Waals surface area contributed by atoms with Crippen LogP contribution >= 0.6 is 0 Å². The zero-order valence-electron chi connectivity index (χ0n) is 9.83. The van der Waals surface area contributed by atoms with Crippen LogP contribution in [-0.4, -0.2) is 26.0 Å². The summed E-state index contributed by atoms with van der Waals surface area (Å²) in [6.45, 7) is 1.71. The van der Waals surface area contributed by atoms with Crippen molar-refractivity contribution in [2.45, 2.75) is 20.3 Å². The number of rotatable bonds is 3. The summed E-state index contributed by atoms with van der Waals surface area (Å²) in [5.41, 5.74) is 0.440. The van der Waals surface area contributed by atoms with Crippen LogP contribution in [0.5, 0.6) is 5.75 Å². The molecule has 2 rings (SSSR count). The molecule has 0 atom stereocenters. The Hall–Kier alpha value is -1.42. The Bertz CT molecular complexity index is 414. The second-order valence-electron chi connectivity index (χ2n) is 4.24. The average Bonchev–Trinajstić information content (AvgIpc) is 2.39. The first-order valence-corrected chi connectivity index (χ1v) is 5.81. The van der Waals surface area contributed by atoms with Gasteiger partial charge in [-0.15, -0.1) is 0 Å². The molecule has 1 aliphatic rings. The molecule has 1 aromatic rings. The van der Waals surface area contributed by atoms with E-state index in [4.69, 9.17) is 4.74 Å². The minimum Gasteiger partial charge on any atom is -0.494 e. The van der Waals surface area contributed by atoms with E-state index < -0.39 is 5.82 Å². The van der Waals surface area contributed by atoms with E-state index >= 15 is 0 Å². The van der Waals surface area contributed by atoms with Gasteiger partial charge < -0.3 is 10.1 Å². The molecule has 0 amide bonds. The molecule has 1 heterocycles. The van der Waals surface area contributed by atoms with E-state index in [2.05, 4.69) is 5.32 Å². The second kappa shape index (κ2) is 6.50. The fourth-order valence-corrected chi connectivity index (χ4v) is 2.14. The highest BCUT2D eigenvalue weighted by atomic mass is 19.1. The van der Waals surface area contributed by atoms with Crippen LogP contribution in [0.2, 0.25) is 0 Å². The lowest BCUT2D eigenvalue weighted by atomic mass is 9.89. The number of benzene rings is 1. The first kappa shape index (κ1) is 14.6. The third-order valence-corrected chi connectivity index (χ3v) is 3.15. The summed E-state index contributed by atoms with van der Waals surface area (Å²) in [7, 11) is 1.41. The Balaban J connectivity index is 0.00000162. The standard InChI is InChI=1S/C13H16FNO2.CH4/c1-17-12-3-2-10(8-11(12)14)13(16)9-4-6-15-7-5-9;/h2-3,8-9,15H,4-7H2,1H3;1H4. The topological polar surface area (TPSA) is 38.3 Å². The number of piperidine rings is 1. The molecule has 1 fully saturated rings. The number of carbonyl (C=O) groups excluding carboxylic acids is 1. The lowest BCUT2D eigenvalue weighted by molar-refractivity contribution is 0.0894. The Labute approximate surface area is 107 Å². The zero-order chi connectivity index (χ0) is 12.3. The van der Waals surface area contributed by atoms with Crippen LogP contribution in [0, 0.1) is 11.7 Å².